The third-order valence-corrected chi connectivity index (χ3v) is 4.95. The number of nitrogens with zero attached hydrogens (tertiary/aromatic N) is 3. The van der Waals surface area contributed by atoms with Gasteiger partial charge in [-0.15, -0.1) is 5.10 Å². The van der Waals surface area contributed by atoms with E-state index in [1.807, 2.05) is 31.3 Å². The van der Waals surface area contributed by atoms with Crippen LogP contribution in [0.4, 0.5) is 5.69 Å². The number of nitrogens with one attached hydrogen (secondary N) is 2. The van der Waals surface area contributed by atoms with E-state index in [1.165, 1.54) is 27.8 Å². The van der Waals surface area contributed by atoms with E-state index >= 15 is 0 Å². The van der Waals surface area contributed by atoms with Gasteiger partial charge in [-0.1, -0.05) is 29.8 Å². The van der Waals surface area contributed by atoms with Crippen LogP contribution in [0.5, 0.6) is 0 Å². The van der Waals surface area contributed by atoms with Crippen molar-refractivity contribution in [1.29, 1.82) is 0 Å². The van der Waals surface area contributed by atoms with Gasteiger partial charge in [0.15, 0.2) is 5.82 Å². The van der Waals surface area contributed by atoms with Crippen LogP contribution in [0, 0.1) is 0 Å². The van der Waals surface area contributed by atoms with E-state index in [4.69, 9.17) is 11.6 Å². The lowest BCUT2D eigenvalue weighted by molar-refractivity contribution is 0.881. The number of tetrazole rings is 1. The molecule has 0 bridgehead atoms. The van der Waals surface area contributed by atoms with Crippen LogP contribution in [0.1, 0.15) is 29.4 Å². The number of anilines is 1. The Morgan fingerprint density at radius 1 is 1.12 bits per heavy atom. The van der Waals surface area contributed by atoms with Crippen LogP contribution in [-0.4, -0.2) is 27.7 Å². The van der Waals surface area contributed by atoms with Crippen molar-refractivity contribution < 1.29 is 0 Å². The first-order valence-corrected chi connectivity index (χ1v) is 8.76. The van der Waals surface area contributed by atoms with Crippen molar-refractivity contribution in [2.24, 2.45) is 0 Å². The summed E-state index contributed by atoms with van der Waals surface area (Å²) in [6.45, 7) is 2.15. The van der Waals surface area contributed by atoms with Gasteiger partial charge in [0, 0.05) is 24.2 Å². The Kier molecular flexibility index (Phi) is 4.31. The zero-order valence-corrected chi connectivity index (χ0v) is 15.3. The van der Waals surface area contributed by atoms with Gasteiger partial charge in [0.1, 0.15) is 0 Å². The second kappa shape index (κ2) is 6.77. The van der Waals surface area contributed by atoms with E-state index in [1.54, 1.807) is 0 Å². The van der Waals surface area contributed by atoms with Gasteiger partial charge in [0.2, 0.25) is 0 Å². The molecule has 1 aliphatic rings. The first-order chi connectivity index (χ1) is 12.7. The lowest BCUT2D eigenvalue weighted by Gasteiger charge is -2.08. The number of H-pyrrole nitrogens is 1. The van der Waals surface area contributed by atoms with E-state index in [0.717, 1.165) is 22.1 Å². The first kappa shape index (κ1) is 16.5. The first-order valence-electron chi connectivity index (χ1n) is 8.38. The molecular weight excluding hydrogens is 346 g/mol. The SMILES string of the molecule is CNc1ccc2c(c1)C(Cc1nnn[nH]1)=C(C)C2=Cc1ccc(Cl)cc1. The van der Waals surface area contributed by atoms with Gasteiger partial charge in [0.05, 0.1) is 0 Å². The highest BCUT2D eigenvalue weighted by atomic mass is 35.5. The molecule has 1 aromatic heterocycles. The highest BCUT2D eigenvalue weighted by Crippen LogP contribution is 2.44. The minimum absolute atomic E-state index is 0.664. The van der Waals surface area contributed by atoms with Crippen molar-refractivity contribution in [3.05, 3.63) is 75.6 Å². The molecule has 0 saturated carbocycles. The fourth-order valence-corrected chi connectivity index (χ4v) is 3.44. The smallest absolute Gasteiger partial charge is 0.152 e. The fourth-order valence-electron chi connectivity index (χ4n) is 3.31. The van der Waals surface area contributed by atoms with Crippen LogP contribution in [0.25, 0.3) is 17.2 Å². The average molecular weight is 364 g/mol. The van der Waals surface area contributed by atoms with Gasteiger partial charge in [-0.2, -0.15) is 0 Å². The molecule has 0 atom stereocenters. The predicted molar refractivity (Wildman–Crippen MR) is 106 cm³/mol. The van der Waals surface area contributed by atoms with Crippen LogP contribution in [0.3, 0.4) is 0 Å². The highest BCUT2D eigenvalue weighted by molar-refractivity contribution is 6.30. The van der Waals surface area contributed by atoms with E-state index < -0.39 is 0 Å². The molecule has 3 aromatic rings. The molecule has 5 nitrogen and oxygen atoms in total. The molecule has 0 radical (unpaired) electrons. The summed E-state index contributed by atoms with van der Waals surface area (Å²) in [5, 5.41) is 18.2. The van der Waals surface area contributed by atoms with Gasteiger partial charge in [-0.05, 0) is 81.1 Å². The number of benzene rings is 2. The molecule has 1 heterocycles. The second-order valence-electron chi connectivity index (χ2n) is 6.25. The molecule has 0 fully saturated rings. The van der Waals surface area contributed by atoms with Crippen molar-refractivity contribution in [2.75, 3.05) is 12.4 Å². The summed E-state index contributed by atoms with van der Waals surface area (Å²) < 4.78 is 0. The molecule has 6 heteroatoms. The summed E-state index contributed by atoms with van der Waals surface area (Å²) in [5.41, 5.74) is 8.32. The number of hydrogen-bond acceptors (Lipinski definition) is 4. The number of aromatic amines is 1. The monoisotopic (exact) mass is 363 g/mol. The number of hydrogen-bond donors (Lipinski definition) is 2. The Morgan fingerprint density at radius 2 is 1.92 bits per heavy atom. The maximum absolute atomic E-state index is 6.01. The number of fused-ring (bicyclic) bond motifs is 1. The standard InChI is InChI=1S/C20H18ClN5/c1-12-17(9-13-3-5-14(21)6-4-13)16-8-7-15(22-2)10-19(16)18(12)11-20-23-25-26-24-20/h3-10,22H,11H2,1-2H3,(H,23,24,25,26). The number of rotatable bonds is 4. The molecule has 0 aliphatic heterocycles. The molecule has 0 unspecified atom stereocenters. The quantitative estimate of drug-likeness (QED) is 0.718. The Balaban J connectivity index is 1.84. The van der Waals surface area contributed by atoms with Crippen molar-refractivity contribution in [2.45, 2.75) is 13.3 Å². The Morgan fingerprint density at radius 3 is 2.62 bits per heavy atom. The second-order valence-corrected chi connectivity index (χ2v) is 6.68. The van der Waals surface area contributed by atoms with Crippen LogP contribution in [-0.2, 0) is 6.42 Å². The fraction of sp³-hybridized carbons (Fsp3) is 0.150. The number of halogens is 1. The summed E-state index contributed by atoms with van der Waals surface area (Å²) >= 11 is 6.01. The highest BCUT2D eigenvalue weighted by Gasteiger charge is 2.24. The Bertz CT molecular complexity index is 1000. The normalized spacial score (nSPS) is 14.8. The van der Waals surface area contributed by atoms with Gasteiger partial charge < -0.3 is 5.32 Å². The maximum Gasteiger partial charge on any atom is 0.152 e. The topological polar surface area (TPSA) is 66.5 Å². The van der Waals surface area contributed by atoms with Crippen molar-refractivity contribution in [1.82, 2.24) is 20.6 Å². The zero-order valence-electron chi connectivity index (χ0n) is 14.5. The lowest BCUT2D eigenvalue weighted by atomic mass is 10.00. The van der Waals surface area contributed by atoms with Crippen molar-refractivity contribution in [3.63, 3.8) is 0 Å². The summed E-state index contributed by atoms with van der Waals surface area (Å²) in [6.07, 6.45) is 2.87. The zero-order chi connectivity index (χ0) is 18.1. The molecule has 130 valence electrons. The molecule has 0 amide bonds. The molecule has 26 heavy (non-hydrogen) atoms. The Labute approximate surface area is 156 Å². The summed E-state index contributed by atoms with van der Waals surface area (Å²) in [4.78, 5) is 0. The van der Waals surface area contributed by atoms with Gasteiger partial charge in [-0.25, -0.2) is 5.10 Å². The van der Waals surface area contributed by atoms with Crippen LogP contribution in [0.2, 0.25) is 5.02 Å². The molecule has 0 spiro atoms. The van der Waals surface area contributed by atoms with Gasteiger partial charge in [0.25, 0.3) is 0 Å². The molecule has 2 N–H and O–H groups in total. The molecule has 0 saturated heterocycles. The van der Waals surface area contributed by atoms with Crippen LogP contribution in [0.15, 0.2) is 48.0 Å². The molecule has 2 aromatic carbocycles. The van der Waals surface area contributed by atoms with Crippen molar-refractivity contribution >= 4 is 34.5 Å². The third kappa shape index (κ3) is 3.02. The van der Waals surface area contributed by atoms with Crippen LogP contribution >= 0.6 is 11.6 Å². The molecule has 4 rings (SSSR count). The minimum Gasteiger partial charge on any atom is -0.388 e. The largest absolute Gasteiger partial charge is 0.388 e. The summed E-state index contributed by atoms with van der Waals surface area (Å²) in [5.74, 6) is 0.757. The summed E-state index contributed by atoms with van der Waals surface area (Å²) in [6, 6.07) is 14.3. The number of aromatic nitrogens is 4. The third-order valence-electron chi connectivity index (χ3n) is 4.69. The molecular formula is C20H18ClN5. The van der Waals surface area contributed by atoms with E-state index in [2.05, 4.69) is 57.1 Å². The average Bonchev–Trinajstić information content (AvgIpc) is 3.26. The predicted octanol–water partition coefficient (Wildman–Crippen LogP) is 4.47. The van der Waals surface area contributed by atoms with E-state index in [9.17, 15) is 0 Å². The number of allylic oxidation sites excluding steroid dienone is 3. The van der Waals surface area contributed by atoms with Gasteiger partial charge in [-0.3, -0.25) is 0 Å². The maximum atomic E-state index is 6.01. The molecule has 1 aliphatic carbocycles. The summed E-state index contributed by atoms with van der Waals surface area (Å²) in [7, 11) is 1.93. The van der Waals surface area contributed by atoms with Crippen LogP contribution < -0.4 is 5.32 Å². The Hall–Kier alpha value is -2.92. The van der Waals surface area contributed by atoms with Crippen molar-refractivity contribution in [3.8, 4) is 0 Å². The van der Waals surface area contributed by atoms with E-state index in [-0.39, 0.29) is 0 Å². The van der Waals surface area contributed by atoms with Gasteiger partial charge >= 0.3 is 0 Å². The van der Waals surface area contributed by atoms with E-state index in [0.29, 0.717) is 6.42 Å². The lowest BCUT2D eigenvalue weighted by Crippen LogP contribution is -1.95. The minimum atomic E-state index is 0.664.